The number of fused-ring (bicyclic) bond motifs is 2. The number of anilines is 2. The van der Waals surface area contributed by atoms with Crippen molar-refractivity contribution in [3.05, 3.63) is 40.9 Å². The van der Waals surface area contributed by atoms with Crippen molar-refractivity contribution in [2.24, 2.45) is 0 Å². The number of nitrogens with zero attached hydrogens (tertiary/aromatic N) is 3. The summed E-state index contributed by atoms with van der Waals surface area (Å²) >= 11 is 6.34. The summed E-state index contributed by atoms with van der Waals surface area (Å²) in [6.07, 6.45) is 2.98. The van der Waals surface area contributed by atoms with Gasteiger partial charge in [0.15, 0.2) is 0 Å². The lowest BCUT2D eigenvalue weighted by Crippen LogP contribution is -2.42. The van der Waals surface area contributed by atoms with Crippen LogP contribution in [0.5, 0.6) is 5.88 Å². The average molecular weight is 459 g/mol. The minimum atomic E-state index is -0.668. The maximum absolute atomic E-state index is 15.4. The van der Waals surface area contributed by atoms with Gasteiger partial charge in [0, 0.05) is 28.9 Å². The van der Waals surface area contributed by atoms with Gasteiger partial charge in [-0.2, -0.15) is 0 Å². The van der Waals surface area contributed by atoms with Gasteiger partial charge in [0.25, 0.3) is 0 Å². The molecule has 1 aromatic carbocycles. The Balaban J connectivity index is 1.92. The molecule has 0 saturated heterocycles. The van der Waals surface area contributed by atoms with Gasteiger partial charge in [0.05, 0.1) is 11.6 Å². The second kappa shape index (κ2) is 8.09. The number of rotatable bonds is 2. The first-order chi connectivity index (χ1) is 15.1. The molecule has 2 N–H and O–H groups in total. The summed E-state index contributed by atoms with van der Waals surface area (Å²) in [7, 11) is 0. The number of hydrogen-bond acceptors (Lipinski definition) is 6. The van der Waals surface area contributed by atoms with Gasteiger partial charge in [-0.1, -0.05) is 18.5 Å². The van der Waals surface area contributed by atoms with Crippen molar-refractivity contribution in [2.45, 2.75) is 39.7 Å². The van der Waals surface area contributed by atoms with E-state index in [9.17, 15) is 4.79 Å². The van der Waals surface area contributed by atoms with Crippen LogP contribution in [0, 0.1) is 5.82 Å². The first-order valence-electron chi connectivity index (χ1n) is 10.3. The summed E-state index contributed by atoms with van der Waals surface area (Å²) in [6.45, 7) is 7.90. The van der Waals surface area contributed by atoms with E-state index in [-0.39, 0.29) is 17.2 Å². The van der Waals surface area contributed by atoms with Gasteiger partial charge in [0.1, 0.15) is 29.5 Å². The van der Waals surface area contributed by atoms with Crippen molar-refractivity contribution in [3.8, 4) is 17.0 Å². The highest BCUT2D eigenvalue weighted by Crippen LogP contribution is 2.42. The summed E-state index contributed by atoms with van der Waals surface area (Å²) in [5, 5.41) is 1.06. The number of amides is 1. The molecular formula is C23H24ClFN4O3. The van der Waals surface area contributed by atoms with E-state index < -0.39 is 17.5 Å². The van der Waals surface area contributed by atoms with Crippen molar-refractivity contribution >= 4 is 40.0 Å². The zero-order valence-electron chi connectivity index (χ0n) is 18.3. The van der Waals surface area contributed by atoms with Gasteiger partial charge < -0.3 is 15.2 Å². The number of ether oxygens (including phenoxy) is 2. The maximum atomic E-state index is 15.4. The number of pyridine rings is 2. The minimum absolute atomic E-state index is 0.0509. The van der Waals surface area contributed by atoms with Crippen LogP contribution in [0.1, 0.15) is 33.3 Å². The van der Waals surface area contributed by atoms with Crippen LogP contribution in [0.4, 0.5) is 20.7 Å². The van der Waals surface area contributed by atoms with Crippen LogP contribution in [0.25, 0.3) is 21.9 Å². The number of aromatic nitrogens is 2. The summed E-state index contributed by atoms with van der Waals surface area (Å²) in [4.78, 5) is 22.8. The normalized spacial score (nSPS) is 13.6. The van der Waals surface area contributed by atoms with Crippen LogP contribution >= 0.6 is 11.6 Å². The highest BCUT2D eigenvalue weighted by atomic mass is 35.5. The Morgan fingerprint density at radius 3 is 2.72 bits per heavy atom. The molecule has 32 heavy (non-hydrogen) atoms. The number of benzene rings is 1. The van der Waals surface area contributed by atoms with Crippen molar-refractivity contribution < 1.29 is 18.7 Å². The predicted molar refractivity (Wildman–Crippen MR) is 123 cm³/mol. The molecule has 0 fully saturated rings. The summed E-state index contributed by atoms with van der Waals surface area (Å²) in [6, 6.07) is 3.30. The standard InChI is InChI=1S/C23H24ClFN4O3/c1-5-13-16(14-8-12-9-17(26)27-10-15(12)18(24)19(14)25)11-28-21-20(13)29(6-7-31-21)22(30)32-23(2,3)4/h8-11H,5-7H2,1-4H3,(H2,26,27). The third-order valence-corrected chi connectivity index (χ3v) is 5.50. The number of carbonyl (C=O) groups excluding carboxylic acids is 1. The second-order valence-electron chi connectivity index (χ2n) is 8.52. The van der Waals surface area contributed by atoms with E-state index in [1.54, 1.807) is 39.1 Å². The molecule has 168 valence electrons. The maximum Gasteiger partial charge on any atom is 0.415 e. The Morgan fingerprint density at radius 2 is 2.03 bits per heavy atom. The molecule has 0 aliphatic carbocycles. The number of nitrogens with two attached hydrogens (primary N) is 1. The summed E-state index contributed by atoms with van der Waals surface area (Å²) < 4.78 is 26.7. The SMILES string of the molecule is CCc1c(-c2cc3cc(N)ncc3c(Cl)c2F)cnc2c1N(C(=O)OC(C)(C)C)CCO2. The van der Waals surface area contributed by atoms with Crippen LogP contribution in [-0.2, 0) is 11.2 Å². The van der Waals surface area contributed by atoms with Gasteiger partial charge in [-0.05, 0) is 50.3 Å². The van der Waals surface area contributed by atoms with Crippen molar-refractivity contribution in [2.75, 3.05) is 23.8 Å². The monoisotopic (exact) mass is 458 g/mol. The zero-order valence-corrected chi connectivity index (χ0v) is 19.1. The van der Waals surface area contributed by atoms with Crippen LogP contribution in [0.15, 0.2) is 24.5 Å². The highest BCUT2D eigenvalue weighted by Gasteiger charge is 2.32. The molecule has 3 heterocycles. The van der Waals surface area contributed by atoms with Crippen molar-refractivity contribution in [1.29, 1.82) is 0 Å². The zero-order chi connectivity index (χ0) is 23.2. The molecule has 0 unspecified atom stereocenters. The smallest absolute Gasteiger partial charge is 0.415 e. The lowest BCUT2D eigenvalue weighted by molar-refractivity contribution is 0.0566. The molecular weight excluding hydrogens is 435 g/mol. The number of hydrogen-bond donors (Lipinski definition) is 1. The van der Waals surface area contributed by atoms with Crippen LogP contribution in [-0.4, -0.2) is 34.8 Å². The number of carbonyl (C=O) groups is 1. The molecule has 0 atom stereocenters. The van der Waals surface area contributed by atoms with Crippen molar-refractivity contribution in [3.63, 3.8) is 0 Å². The molecule has 2 aromatic heterocycles. The lowest BCUT2D eigenvalue weighted by Gasteiger charge is -2.33. The van der Waals surface area contributed by atoms with Crippen LogP contribution in [0.2, 0.25) is 5.02 Å². The van der Waals surface area contributed by atoms with E-state index in [2.05, 4.69) is 9.97 Å². The molecule has 0 bridgehead atoms. The molecule has 3 aromatic rings. The minimum Gasteiger partial charge on any atom is -0.474 e. The fourth-order valence-corrected chi connectivity index (χ4v) is 4.04. The Hall–Kier alpha value is -3.13. The molecule has 1 aliphatic heterocycles. The van der Waals surface area contributed by atoms with Gasteiger partial charge in [-0.15, -0.1) is 0 Å². The second-order valence-corrected chi connectivity index (χ2v) is 8.90. The molecule has 7 nitrogen and oxygen atoms in total. The average Bonchev–Trinajstić information content (AvgIpc) is 2.73. The predicted octanol–water partition coefficient (Wildman–Crippen LogP) is 5.37. The van der Waals surface area contributed by atoms with Gasteiger partial charge >= 0.3 is 6.09 Å². The van der Waals surface area contributed by atoms with Crippen LogP contribution in [0.3, 0.4) is 0 Å². The lowest BCUT2D eigenvalue weighted by atomic mass is 9.95. The Labute approximate surface area is 190 Å². The van der Waals surface area contributed by atoms with Gasteiger partial charge in [-0.25, -0.2) is 19.2 Å². The third-order valence-electron chi connectivity index (χ3n) is 5.13. The van der Waals surface area contributed by atoms with Gasteiger partial charge in [0.2, 0.25) is 5.88 Å². The fourth-order valence-electron chi connectivity index (χ4n) is 3.78. The fraction of sp³-hybridized carbons (Fsp3) is 0.348. The molecule has 4 rings (SSSR count). The molecule has 0 spiro atoms. The first-order valence-corrected chi connectivity index (χ1v) is 10.7. The molecule has 0 radical (unpaired) electrons. The summed E-state index contributed by atoms with van der Waals surface area (Å²) in [5.41, 5.74) is 7.11. The van der Waals surface area contributed by atoms with E-state index in [0.717, 1.165) is 0 Å². The summed E-state index contributed by atoms with van der Waals surface area (Å²) in [5.74, 6) is 0.0149. The van der Waals surface area contributed by atoms with E-state index in [1.165, 1.54) is 11.1 Å². The van der Waals surface area contributed by atoms with E-state index >= 15 is 4.39 Å². The topological polar surface area (TPSA) is 90.6 Å². The van der Waals surface area contributed by atoms with E-state index in [1.807, 2.05) is 6.92 Å². The van der Waals surface area contributed by atoms with E-state index in [0.29, 0.717) is 52.3 Å². The van der Waals surface area contributed by atoms with Gasteiger partial charge in [-0.3, -0.25) is 4.90 Å². The number of nitrogen functional groups attached to an aromatic ring is 1. The quantitative estimate of drug-likeness (QED) is 0.555. The Kier molecular flexibility index (Phi) is 5.58. The first kappa shape index (κ1) is 22.1. The van der Waals surface area contributed by atoms with Crippen molar-refractivity contribution in [1.82, 2.24) is 9.97 Å². The largest absolute Gasteiger partial charge is 0.474 e. The number of halogens is 2. The molecule has 0 saturated carbocycles. The van der Waals surface area contributed by atoms with E-state index in [4.69, 9.17) is 26.8 Å². The highest BCUT2D eigenvalue weighted by molar-refractivity contribution is 6.36. The molecule has 1 aliphatic rings. The van der Waals surface area contributed by atoms with Crippen LogP contribution < -0.4 is 15.4 Å². The molecule has 9 heteroatoms. The Morgan fingerprint density at radius 1 is 1.28 bits per heavy atom. The molecule has 1 amide bonds. The third kappa shape index (κ3) is 3.90. The Bertz CT molecular complexity index is 1230.